The Kier molecular flexibility index (Phi) is 1.71. The topological polar surface area (TPSA) is 21.7 Å². The lowest BCUT2D eigenvalue weighted by molar-refractivity contribution is 0.172. The van der Waals surface area contributed by atoms with Gasteiger partial charge >= 0.3 is 0 Å². The molecule has 2 atom stereocenters. The van der Waals surface area contributed by atoms with Crippen LogP contribution in [0.25, 0.3) is 0 Å². The number of ether oxygens (including phenoxy) is 2. The lowest BCUT2D eigenvalue weighted by Gasteiger charge is -2.26. The Labute approximate surface area is 101 Å². The van der Waals surface area contributed by atoms with Gasteiger partial charge in [-0.05, 0) is 37.1 Å². The van der Waals surface area contributed by atoms with E-state index in [2.05, 4.69) is 43.0 Å². The van der Waals surface area contributed by atoms with Gasteiger partial charge in [-0.25, -0.2) is 0 Å². The Balaban J connectivity index is 1.86. The predicted octanol–water partition coefficient (Wildman–Crippen LogP) is 2.79. The zero-order valence-corrected chi connectivity index (χ0v) is 10.0. The second-order valence-corrected chi connectivity index (χ2v) is 5.15. The molecule has 0 N–H and O–H groups in total. The maximum atomic E-state index is 5.46. The maximum absolute atomic E-state index is 5.46. The van der Waals surface area contributed by atoms with Crippen molar-refractivity contribution >= 4 is 0 Å². The van der Waals surface area contributed by atoms with E-state index in [9.17, 15) is 0 Å². The van der Waals surface area contributed by atoms with Gasteiger partial charge in [0.1, 0.15) is 0 Å². The van der Waals surface area contributed by atoms with Crippen LogP contribution >= 0.6 is 0 Å². The minimum atomic E-state index is 0.356. The van der Waals surface area contributed by atoms with Gasteiger partial charge in [-0.2, -0.15) is 0 Å². The zero-order valence-electron chi connectivity index (χ0n) is 10.0. The molecule has 88 valence electrons. The first-order chi connectivity index (χ1) is 8.25. The van der Waals surface area contributed by atoms with Crippen molar-refractivity contribution in [2.24, 2.45) is 0 Å². The molecule has 0 fully saturated rings. The fourth-order valence-electron chi connectivity index (χ4n) is 3.24. The molecule has 0 amide bonds. The second-order valence-electron chi connectivity index (χ2n) is 5.15. The Hall–Kier alpha value is -1.48. The van der Waals surface area contributed by atoms with Crippen molar-refractivity contribution < 1.29 is 9.47 Å². The Bertz CT molecular complexity index is 480. The van der Waals surface area contributed by atoms with E-state index < -0.39 is 0 Å². The highest BCUT2D eigenvalue weighted by Crippen LogP contribution is 2.52. The van der Waals surface area contributed by atoms with Gasteiger partial charge in [0.05, 0.1) is 12.1 Å². The Morgan fingerprint density at radius 1 is 1.06 bits per heavy atom. The van der Waals surface area contributed by atoms with E-state index >= 15 is 0 Å². The number of rotatable bonds is 1. The molecule has 3 aliphatic heterocycles. The second kappa shape index (κ2) is 3.05. The van der Waals surface area contributed by atoms with E-state index in [1.165, 1.54) is 11.1 Å². The van der Waals surface area contributed by atoms with E-state index in [4.69, 9.17) is 9.47 Å². The summed E-state index contributed by atoms with van der Waals surface area (Å²) in [4.78, 5) is 2.53. The van der Waals surface area contributed by atoms with Gasteiger partial charge in [0.15, 0.2) is 11.5 Å². The molecule has 3 heteroatoms. The fourth-order valence-corrected chi connectivity index (χ4v) is 3.24. The summed E-state index contributed by atoms with van der Waals surface area (Å²) in [5, 5.41) is 0. The van der Waals surface area contributed by atoms with E-state index in [0.717, 1.165) is 11.5 Å². The lowest BCUT2D eigenvalue weighted by Crippen LogP contribution is -2.27. The van der Waals surface area contributed by atoms with Crippen LogP contribution in [0.3, 0.4) is 0 Å². The van der Waals surface area contributed by atoms with E-state index in [0.29, 0.717) is 24.9 Å². The highest BCUT2D eigenvalue weighted by molar-refractivity contribution is 5.56. The number of hydrogen-bond donors (Lipinski definition) is 0. The van der Waals surface area contributed by atoms with Crippen LogP contribution in [-0.4, -0.2) is 17.7 Å². The third kappa shape index (κ3) is 1.10. The molecule has 0 radical (unpaired) electrons. The third-order valence-corrected chi connectivity index (χ3v) is 3.93. The number of benzene rings is 1. The molecule has 0 spiro atoms. The molecule has 3 aliphatic rings. The molecule has 17 heavy (non-hydrogen) atoms. The summed E-state index contributed by atoms with van der Waals surface area (Å²) in [5.74, 6) is 1.79. The highest BCUT2D eigenvalue weighted by Gasteiger charge is 2.42. The normalized spacial score (nSPS) is 28.2. The Morgan fingerprint density at radius 2 is 1.59 bits per heavy atom. The molecule has 2 unspecified atom stereocenters. The fraction of sp³-hybridized carbons (Fsp3) is 0.429. The van der Waals surface area contributed by atoms with E-state index in [-0.39, 0.29) is 0 Å². The summed E-state index contributed by atoms with van der Waals surface area (Å²) in [6, 6.07) is 5.70. The molecule has 2 bridgehead atoms. The highest BCUT2D eigenvalue weighted by atomic mass is 16.7. The maximum Gasteiger partial charge on any atom is 0.231 e. The first-order valence-electron chi connectivity index (χ1n) is 6.15. The number of fused-ring (bicyclic) bond motifs is 6. The summed E-state index contributed by atoms with van der Waals surface area (Å²) < 4.78 is 10.9. The van der Waals surface area contributed by atoms with Gasteiger partial charge in [0.25, 0.3) is 0 Å². The van der Waals surface area contributed by atoms with Crippen LogP contribution in [0.5, 0.6) is 11.5 Å². The molecular weight excluding hydrogens is 214 g/mol. The summed E-state index contributed by atoms with van der Waals surface area (Å²) in [6.07, 6.45) is 4.60. The summed E-state index contributed by atoms with van der Waals surface area (Å²) in [7, 11) is 0. The average molecular weight is 229 g/mol. The van der Waals surface area contributed by atoms with Crippen LogP contribution in [0.4, 0.5) is 0 Å². The van der Waals surface area contributed by atoms with Gasteiger partial charge in [-0.1, -0.05) is 12.2 Å². The molecule has 0 saturated carbocycles. The van der Waals surface area contributed by atoms with E-state index in [1.54, 1.807) is 0 Å². The van der Waals surface area contributed by atoms with Gasteiger partial charge in [-0.3, -0.25) is 4.90 Å². The minimum Gasteiger partial charge on any atom is -0.454 e. The molecule has 0 aromatic heterocycles. The van der Waals surface area contributed by atoms with Crippen LogP contribution in [0.15, 0.2) is 24.3 Å². The van der Waals surface area contributed by atoms with Crippen LogP contribution in [0, 0.1) is 0 Å². The standard InChI is InChI=1S/C14H15NO2/c1-8(2)15-11-3-4-12(15)10-6-14-13(5-9(10)11)16-7-17-14/h3-6,8,11-12H,7H2,1-2H3. The molecule has 4 rings (SSSR count). The van der Waals surface area contributed by atoms with Crippen molar-refractivity contribution in [2.45, 2.75) is 32.0 Å². The van der Waals surface area contributed by atoms with Gasteiger partial charge in [0, 0.05) is 6.04 Å². The first-order valence-corrected chi connectivity index (χ1v) is 6.15. The van der Waals surface area contributed by atoms with Crippen LogP contribution in [-0.2, 0) is 0 Å². The van der Waals surface area contributed by atoms with Gasteiger partial charge < -0.3 is 9.47 Å². The predicted molar refractivity (Wildman–Crippen MR) is 64.2 cm³/mol. The summed E-state index contributed by atoms with van der Waals surface area (Å²) in [5.41, 5.74) is 2.77. The van der Waals surface area contributed by atoms with Gasteiger partial charge in [-0.15, -0.1) is 0 Å². The lowest BCUT2D eigenvalue weighted by atomic mass is 9.96. The molecule has 0 aliphatic carbocycles. The summed E-state index contributed by atoms with van der Waals surface area (Å²) >= 11 is 0. The van der Waals surface area contributed by atoms with Crippen LogP contribution < -0.4 is 9.47 Å². The third-order valence-electron chi connectivity index (χ3n) is 3.93. The zero-order chi connectivity index (χ0) is 11.6. The minimum absolute atomic E-state index is 0.356. The largest absolute Gasteiger partial charge is 0.454 e. The quantitative estimate of drug-likeness (QED) is 0.691. The number of nitrogens with zero attached hydrogens (tertiary/aromatic N) is 1. The van der Waals surface area contributed by atoms with Crippen molar-refractivity contribution in [3.05, 3.63) is 35.4 Å². The van der Waals surface area contributed by atoms with Crippen molar-refractivity contribution in [1.82, 2.24) is 4.90 Å². The smallest absolute Gasteiger partial charge is 0.231 e. The Morgan fingerprint density at radius 3 is 2.06 bits per heavy atom. The van der Waals surface area contributed by atoms with Crippen molar-refractivity contribution in [2.75, 3.05) is 6.79 Å². The molecule has 0 saturated heterocycles. The molecule has 3 nitrogen and oxygen atoms in total. The van der Waals surface area contributed by atoms with Crippen LogP contribution in [0.1, 0.15) is 37.1 Å². The average Bonchev–Trinajstić information content (AvgIpc) is 2.98. The van der Waals surface area contributed by atoms with Crippen molar-refractivity contribution in [3.8, 4) is 11.5 Å². The van der Waals surface area contributed by atoms with Crippen molar-refractivity contribution in [3.63, 3.8) is 0 Å². The monoisotopic (exact) mass is 229 g/mol. The summed E-state index contributed by atoms with van der Waals surface area (Å²) in [6.45, 7) is 4.86. The number of hydrogen-bond acceptors (Lipinski definition) is 3. The molecule has 3 heterocycles. The molecule has 1 aromatic rings. The SMILES string of the molecule is CC(C)N1C2C=CC1c1cc3c(cc12)OCO3. The van der Waals surface area contributed by atoms with Gasteiger partial charge in [0.2, 0.25) is 6.79 Å². The first kappa shape index (κ1) is 9.54. The molecule has 1 aromatic carbocycles. The molecular formula is C14H15NO2. The van der Waals surface area contributed by atoms with Crippen molar-refractivity contribution in [1.29, 1.82) is 0 Å². The van der Waals surface area contributed by atoms with Crippen LogP contribution in [0.2, 0.25) is 0 Å². The van der Waals surface area contributed by atoms with E-state index in [1.807, 2.05) is 0 Å².